The molecule has 0 N–H and O–H groups in total. The van der Waals surface area contributed by atoms with Crippen LogP contribution < -0.4 is 0 Å². The van der Waals surface area contributed by atoms with E-state index in [1.54, 1.807) is 0 Å². The number of carbonyl (C=O) groups excluding carboxylic acids is 1. The molecular weight excluding hydrogens is 399 g/mol. The molecule has 0 spiro atoms. The van der Waals surface area contributed by atoms with Gasteiger partial charge in [-0.1, -0.05) is 44.0 Å². The Morgan fingerprint density at radius 1 is 1.25 bits per heavy atom. The molecule has 1 rings (SSSR count). The van der Waals surface area contributed by atoms with E-state index in [0.29, 0.717) is 5.56 Å². The third-order valence-electron chi connectivity index (χ3n) is 1.33. The quantitative estimate of drug-likeness (QED) is 0.419. The maximum Gasteiger partial charge on any atom is 0.187 e. The Bertz CT molecular complexity index is 282. The lowest BCUT2D eigenvalue weighted by molar-refractivity contribution is 0.101. The van der Waals surface area contributed by atoms with Crippen LogP contribution in [0.25, 0.3) is 0 Å². The highest BCUT2D eigenvalue weighted by Gasteiger charge is 2.12. The van der Waals surface area contributed by atoms with E-state index in [-0.39, 0.29) is 9.52 Å². The second-order valence-corrected chi connectivity index (χ2v) is 6.48. The van der Waals surface area contributed by atoms with Gasteiger partial charge in [0.25, 0.3) is 0 Å². The number of ketones is 1. The lowest BCUT2D eigenvalue weighted by atomic mass is 10.2. The summed E-state index contributed by atoms with van der Waals surface area (Å²) in [6.45, 7) is 0. The first kappa shape index (κ1) is 10.7. The molecule has 0 amide bonds. The molecule has 0 aliphatic rings. The molecule has 0 aromatic heterocycles. The summed E-state index contributed by atoms with van der Waals surface area (Å²) < 4.78 is 0.843. The minimum atomic E-state index is -0.287. The summed E-state index contributed by atoms with van der Waals surface area (Å²) >= 11 is 8.52. The molecule has 4 heteroatoms. The Morgan fingerprint density at radius 3 is 2.17 bits per heavy atom. The lowest BCUT2D eigenvalue weighted by Gasteiger charge is -2.00. The van der Waals surface area contributed by atoms with Crippen molar-refractivity contribution in [2.45, 2.75) is 3.74 Å². The Labute approximate surface area is 101 Å². The van der Waals surface area contributed by atoms with Crippen molar-refractivity contribution in [2.24, 2.45) is 0 Å². The van der Waals surface area contributed by atoms with Gasteiger partial charge >= 0.3 is 0 Å². The number of hydrogen-bond donors (Lipinski definition) is 0. The second-order valence-electron chi connectivity index (χ2n) is 2.17. The Hall–Kier alpha value is 0.580. The molecule has 0 radical (unpaired) electrons. The van der Waals surface area contributed by atoms with E-state index < -0.39 is 0 Å². The van der Waals surface area contributed by atoms with E-state index in [2.05, 4.69) is 54.5 Å². The summed E-state index contributed by atoms with van der Waals surface area (Å²) in [7, 11) is 0. The monoisotopic (exact) mass is 402 g/mol. The van der Waals surface area contributed by atoms with Crippen molar-refractivity contribution in [3.05, 3.63) is 33.4 Å². The van der Waals surface area contributed by atoms with Crippen molar-refractivity contribution in [3.8, 4) is 0 Å². The highest BCUT2D eigenvalue weighted by molar-refractivity contribution is 14.1. The SMILES string of the molecule is O=C(c1ccc(I)cc1)C(Br)Br. The molecule has 0 atom stereocenters. The molecule has 1 aromatic carbocycles. The van der Waals surface area contributed by atoms with Crippen LogP contribution in [0.5, 0.6) is 0 Å². The zero-order chi connectivity index (χ0) is 9.14. The fraction of sp³-hybridized carbons (Fsp3) is 0.125. The topological polar surface area (TPSA) is 17.1 Å². The van der Waals surface area contributed by atoms with Crippen molar-refractivity contribution in [1.82, 2.24) is 0 Å². The van der Waals surface area contributed by atoms with Crippen LogP contribution in [-0.2, 0) is 0 Å². The number of halogens is 3. The average molecular weight is 404 g/mol. The predicted molar refractivity (Wildman–Crippen MR) is 65.1 cm³/mol. The normalized spacial score (nSPS) is 10.3. The summed E-state index contributed by atoms with van der Waals surface area (Å²) in [4.78, 5) is 11.4. The van der Waals surface area contributed by atoms with Crippen LogP contribution in [-0.4, -0.2) is 9.52 Å². The van der Waals surface area contributed by atoms with Crippen LogP contribution >= 0.6 is 54.5 Å². The predicted octanol–water partition coefficient (Wildman–Crippen LogP) is 3.59. The van der Waals surface area contributed by atoms with E-state index in [1.165, 1.54) is 0 Å². The fourth-order valence-electron chi connectivity index (χ4n) is 0.740. The Morgan fingerprint density at radius 2 is 1.75 bits per heavy atom. The van der Waals surface area contributed by atoms with E-state index in [4.69, 9.17) is 0 Å². The van der Waals surface area contributed by atoms with Gasteiger partial charge in [-0.3, -0.25) is 4.79 Å². The molecule has 0 bridgehead atoms. The van der Waals surface area contributed by atoms with Gasteiger partial charge in [0.05, 0.1) is 0 Å². The molecule has 0 saturated carbocycles. The standard InChI is InChI=1S/C8H5Br2IO/c9-8(10)7(12)5-1-3-6(11)4-2-5/h1-4,8H. The number of Topliss-reactive ketones (excluding diaryl/α,β-unsaturated/α-hetero) is 1. The smallest absolute Gasteiger partial charge is 0.187 e. The first-order valence-corrected chi connectivity index (χ1v) is 6.10. The summed E-state index contributed by atoms with van der Waals surface area (Å²) in [5.74, 6) is 0.0476. The van der Waals surface area contributed by atoms with Crippen LogP contribution in [0.2, 0.25) is 0 Å². The first-order chi connectivity index (χ1) is 5.61. The Kier molecular flexibility index (Phi) is 4.19. The average Bonchev–Trinajstić information content (AvgIpc) is 2.04. The highest BCUT2D eigenvalue weighted by atomic mass is 127. The number of rotatable bonds is 2. The van der Waals surface area contributed by atoms with Crippen LogP contribution in [0.4, 0.5) is 0 Å². The van der Waals surface area contributed by atoms with E-state index in [1.807, 2.05) is 24.3 Å². The second kappa shape index (κ2) is 4.72. The van der Waals surface area contributed by atoms with Crippen molar-refractivity contribution in [1.29, 1.82) is 0 Å². The van der Waals surface area contributed by atoms with Gasteiger partial charge in [0, 0.05) is 9.13 Å². The highest BCUT2D eigenvalue weighted by Crippen LogP contribution is 2.16. The minimum absolute atomic E-state index is 0.0476. The van der Waals surface area contributed by atoms with Crippen LogP contribution in [0.3, 0.4) is 0 Å². The zero-order valence-corrected chi connectivity index (χ0v) is 11.3. The number of alkyl halides is 2. The minimum Gasteiger partial charge on any atom is -0.292 e. The molecule has 12 heavy (non-hydrogen) atoms. The van der Waals surface area contributed by atoms with Gasteiger partial charge in [-0.05, 0) is 34.7 Å². The van der Waals surface area contributed by atoms with Crippen LogP contribution in [0.15, 0.2) is 24.3 Å². The van der Waals surface area contributed by atoms with Gasteiger partial charge in [-0.15, -0.1) is 0 Å². The molecular formula is C8H5Br2IO. The van der Waals surface area contributed by atoms with Crippen LogP contribution in [0.1, 0.15) is 10.4 Å². The summed E-state index contributed by atoms with van der Waals surface area (Å²) in [5, 5.41) is 0. The largest absolute Gasteiger partial charge is 0.292 e. The van der Waals surface area contributed by atoms with Crippen molar-refractivity contribution in [3.63, 3.8) is 0 Å². The number of hydrogen-bond acceptors (Lipinski definition) is 1. The summed E-state index contributed by atoms with van der Waals surface area (Å²) in [6, 6.07) is 7.46. The molecule has 1 nitrogen and oxygen atoms in total. The molecule has 0 saturated heterocycles. The lowest BCUT2D eigenvalue weighted by Crippen LogP contribution is -2.06. The van der Waals surface area contributed by atoms with Gasteiger partial charge in [0.2, 0.25) is 0 Å². The van der Waals surface area contributed by atoms with Gasteiger partial charge in [0.1, 0.15) is 3.74 Å². The van der Waals surface area contributed by atoms with Gasteiger partial charge in [-0.2, -0.15) is 0 Å². The van der Waals surface area contributed by atoms with Crippen molar-refractivity contribution in [2.75, 3.05) is 0 Å². The van der Waals surface area contributed by atoms with Gasteiger partial charge in [-0.25, -0.2) is 0 Å². The first-order valence-electron chi connectivity index (χ1n) is 3.19. The molecule has 1 aromatic rings. The molecule has 0 aliphatic carbocycles. The molecule has 0 unspecified atom stereocenters. The Balaban J connectivity index is 2.90. The van der Waals surface area contributed by atoms with Gasteiger partial charge in [0.15, 0.2) is 5.78 Å². The summed E-state index contributed by atoms with van der Waals surface area (Å²) in [6.07, 6.45) is 0. The van der Waals surface area contributed by atoms with E-state index in [0.717, 1.165) is 3.57 Å². The third-order valence-corrected chi connectivity index (χ3v) is 2.88. The van der Waals surface area contributed by atoms with Crippen LogP contribution in [0, 0.1) is 3.57 Å². The molecule has 0 heterocycles. The number of benzene rings is 1. The summed E-state index contributed by atoms with van der Waals surface area (Å²) in [5.41, 5.74) is 0.717. The van der Waals surface area contributed by atoms with Crippen molar-refractivity contribution >= 4 is 60.2 Å². The van der Waals surface area contributed by atoms with Crippen molar-refractivity contribution < 1.29 is 4.79 Å². The maximum absolute atomic E-state index is 11.4. The van der Waals surface area contributed by atoms with E-state index >= 15 is 0 Å². The maximum atomic E-state index is 11.4. The third kappa shape index (κ3) is 2.81. The molecule has 0 aliphatic heterocycles. The zero-order valence-electron chi connectivity index (χ0n) is 5.93. The van der Waals surface area contributed by atoms with E-state index in [9.17, 15) is 4.79 Å². The molecule has 64 valence electrons. The number of carbonyl (C=O) groups is 1. The molecule has 0 fully saturated rings. The fourth-order valence-corrected chi connectivity index (χ4v) is 1.63. The van der Waals surface area contributed by atoms with Gasteiger partial charge < -0.3 is 0 Å².